The second kappa shape index (κ2) is 12.4. The van der Waals surface area contributed by atoms with Crippen LogP contribution in [0.5, 0.6) is 0 Å². The number of benzene rings is 8. The molecule has 0 amide bonds. The number of rotatable bonds is 6. The van der Waals surface area contributed by atoms with E-state index in [-0.39, 0.29) is 11.6 Å². The second-order valence-corrected chi connectivity index (χ2v) is 13.2. The molecule has 8 aromatic carbocycles. The summed E-state index contributed by atoms with van der Waals surface area (Å²) in [6.07, 6.45) is 0. The Labute approximate surface area is 304 Å². The van der Waals surface area contributed by atoms with Gasteiger partial charge in [0.1, 0.15) is 22.8 Å². The van der Waals surface area contributed by atoms with Crippen LogP contribution in [0.15, 0.2) is 186 Å². The normalized spacial score (nSPS) is 11.6. The number of halogens is 2. The average Bonchev–Trinajstić information content (AvgIpc) is 3.75. The van der Waals surface area contributed by atoms with Gasteiger partial charge < -0.3 is 13.9 Å². The fourth-order valence-electron chi connectivity index (χ4n) is 7.64. The van der Waals surface area contributed by atoms with E-state index in [1.807, 2.05) is 6.07 Å². The standard InChI is InChI=1S/C48H30F2N2O/c49-35-20-12-31(13-21-35)33-16-24-37(25-17-33)51(38-26-18-34(19-27-38)32-14-22-36(50)23-15-32)39-28-29-42-47(30-39)53-46-11-5-10-45(48(42)46)52-43-8-3-1-6-40(43)41-7-2-4-9-44(41)52/h1-30H. The molecule has 2 aromatic heterocycles. The third-order valence-corrected chi connectivity index (χ3v) is 10.1. The van der Waals surface area contributed by atoms with Crippen molar-refractivity contribution in [2.75, 3.05) is 4.90 Å². The third kappa shape index (κ3) is 5.25. The molecule has 252 valence electrons. The predicted octanol–water partition coefficient (Wildman–Crippen LogP) is 13.8. The minimum atomic E-state index is -0.260. The van der Waals surface area contributed by atoms with E-state index in [1.165, 1.54) is 35.0 Å². The zero-order valence-corrected chi connectivity index (χ0v) is 28.4. The lowest BCUT2D eigenvalue weighted by molar-refractivity contribution is 0.627. The molecule has 10 aromatic rings. The van der Waals surface area contributed by atoms with Gasteiger partial charge in [-0.1, -0.05) is 91.0 Å². The Bertz CT molecular complexity index is 2800. The van der Waals surface area contributed by atoms with Crippen LogP contribution in [-0.4, -0.2) is 4.57 Å². The number of nitrogens with zero attached hydrogens (tertiary/aromatic N) is 2. The fourth-order valence-corrected chi connectivity index (χ4v) is 7.64. The summed E-state index contributed by atoms with van der Waals surface area (Å²) in [4.78, 5) is 2.20. The molecule has 0 saturated heterocycles. The molecule has 0 spiro atoms. The van der Waals surface area contributed by atoms with Gasteiger partial charge in [-0.3, -0.25) is 0 Å². The highest BCUT2D eigenvalue weighted by atomic mass is 19.1. The lowest BCUT2D eigenvalue weighted by Gasteiger charge is -2.26. The monoisotopic (exact) mass is 688 g/mol. The van der Waals surface area contributed by atoms with Gasteiger partial charge in [0.25, 0.3) is 0 Å². The first-order valence-corrected chi connectivity index (χ1v) is 17.6. The molecule has 0 saturated carbocycles. The molecule has 10 rings (SSSR count). The van der Waals surface area contributed by atoms with Gasteiger partial charge in [0, 0.05) is 39.3 Å². The molecule has 0 unspecified atom stereocenters. The van der Waals surface area contributed by atoms with Crippen molar-refractivity contribution in [2.24, 2.45) is 0 Å². The quantitative estimate of drug-likeness (QED) is 0.173. The molecule has 0 aliphatic carbocycles. The highest BCUT2D eigenvalue weighted by Gasteiger charge is 2.20. The Morgan fingerprint density at radius 3 is 1.40 bits per heavy atom. The molecule has 0 bridgehead atoms. The molecule has 5 heteroatoms. The lowest BCUT2D eigenvalue weighted by Crippen LogP contribution is -2.09. The average molecular weight is 689 g/mol. The van der Waals surface area contributed by atoms with Crippen molar-refractivity contribution in [3.63, 3.8) is 0 Å². The van der Waals surface area contributed by atoms with Crippen molar-refractivity contribution in [2.45, 2.75) is 0 Å². The predicted molar refractivity (Wildman–Crippen MR) is 214 cm³/mol. The van der Waals surface area contributed by atoms with E-state index in [0.717, 1.165) is 78.0 Å². The first-order chi connectivity index (χ1) is 26.1. The lowest BCUT2D eigenvalue weighted by atomic mass is 10.0. The van der Waals surface area contributed by atoms with E-state index in [1.54, 1.807) is 24.3 Å². The first kappa shape index (κ1) is 30.8. The maximum atomic E-state index is 13.7. The molecule has 0 N–H and O–H groups in total. The Morgan fingerprint density at radius 2 is 0.868 bits per heavy atom. The van der Waals surface area contributed by atoms with Gasteiger partial charge in [-0.25, -0.2) is 8.78 Å². The maximum Gasteiger partial charge on any atom is 0.137 e. The maximum absolute atomic E-state index is 13.7. The number of furan rings is 1. The van der Waals surface area contributed by atoms with Gasteiger partial charge in [0.15, 0.2) is 0 Å². The van der Waals surface area contributed by atoms with E-state index in [2.05, 4.69) is 137 Å². The molecular weight excluding hydrogens is 659 g/mol. The van der Waals surface area contributed by atoms with E-state index < -0.39 is 0 Å². The first-order valence-electron chi connectivity index (χ1n) is 17.6. The Morgan fingerprint density at radius 1 is 0.396 bits per heavy atom. The number of anilines is 3. The van der Waals surface area contributed by atoms with Gasteiger partial charge in [-0.2, -0.15) is 0 Å². The van der Waals surface area contributed by atoms with Gasteiger partial charge in [-0.05, 0) is 107 Å². The van der Waals surface area contributed by atoms with Crippen LogP contribution in [0, 0.1) is 11.6 Å². The number of aromatic nitrogens is 1. The van der Waals surface area contributed by atoms with Gasteiger partial charge in [0.2, 0.25) is 0 Å². The molecule has 3 nitrogen and oxygen atoms in total. The summed E-state index contributed by atoms with van der Waals surface area (Å²) in [7, 11) is 0. The van der Waals surface area contributed by atoms with Crippen LogP contribution in [0.25, 0.3) is 71.7 Å². The second-order valence-electron chi connectivity index (χ2n) is 13.2. The van der Waals surface area contributed by atoms with E-state index in [0.29, 0.717) is 0 Å². The smallest absolute Gasteiger partial charge is 0.137 e. The van der Waals surface area contributed by atoms with E-state index in [9.17, 15) is 8.78 Å². The summed E-state index contributed by atoms with van der Waals surface area (Å²) in [6.45, 7) is 0. The summed E-state index contributed by atoms with van der Waals surface area (Å²) >= 11 is 0. The van der Waals surface area contributed by atoms with Crippen molar-refractivity contribution < 1.29 is 13.2 Å². The molecule has 0 radical (unpaired) electrons. The van der Waals surface area contributed by atoms with Crippen molar-refractivity contribution in [1.29, 1.82) is 0 Å². The number of fused-ring (bicyclic) bond motifs is 6. The third-order valence-electron chi connectivity index (χ3n) is 10.1. The molecule has 0 fully saturated rings. The molecular formula is C48H30F2N2O. The number of hydrogen-bond acceptors (Lipinski definition) is 2. The van der Waals surface area contributed by atoms with Crippen LogP contribution in [0.4, 0.5) is 25.8 Å². The van der Waals surface area contributed by atoms with Crippen LogP contribution in [0.3, 0.4) is 0 Å². The van der Waals surface area contributed by atoms with Crippen molar-refractivity contribution >= 4 is 60.8 Å². The topological polar surface area (TPSA) is 21.3 Å². The molecule has 0 aliphatic rings. The number of para-hydroxylation sites is 2. The summed E-state index contributed by atoms with van der Waals surface area (Å²) in [6, 6.07) is 59.4. The van der Waals surface area contributed by atoms with Crippen molar-refractivity contribution in [3.05, 3.63) is 194 Å². The van der Waals surface area contributed by atoms with Crippen molar-refractivity contribution in [1.82, 2.24) is 4.57 Å². The Kier molecular flexibility index (Phi) is 7.18. The van der Waals surface area contributed by atoms with Gasteiger partial charge >= 0.3 is 0 Å². The molecule has 0 atom stereocenters. The highest BCUT2D eigenvalue weighted by Crippen LogP contribution is 2.42. The summed E-state index contributed by atoms with van der Waals surface area (Å²) in [5.41, 5.74) is 11.6. The zero-order valence-electron chi connectivity index (χ0n) is 28.4. The van der Waals surface area contributed by atoms with Crippen LogP contribution >= 0.6 is 0 Å². The van der Waals surface area contributed by atoms with Crippen LogP contribution in [0.2, 0.25) is 0 Å². The highest BCUT2D eigenvalue weighted by molar-refractivity contribution is 6.14. The minimum Gasteiger partial charge on any atom is -0.456 e. The molecule has 0 aliphatic heterocycles. The van der Waals surface area contributed by atoms with Gasteiger partial charge in [-0.15, -0.1) is 0 Å². The summed E-state index contributed by atoms with van der Waals surface area (Å²) in [5.74, 6) is -0.521. The SMILES string of the molecule is Fc1ccc(-c2ccc(N(c3ccc(-c4ccc(F)cc4)cc3)c3ccc4c(c3)oc3cccc(-n5c6ccccc6c6ccccc65)c34)cc2)cc1. The van der Waals surface area contributed by atoms with Crippen LogP contribution in [-0.2, 0) is 0 Å². The minimum absolute atomic E-state index is 0.260. The fraction of sp³-hybridized carbons (Fsp3) is 0. The van der Waals surface area contributed by atoms with E-state index in [4.69, 9.17) is 4.42 Å². The summed E-state index contributed by atoms with van der Waals surface area (Å²) in [5, 5.41) is 4.50. The Hall–Kier alpha value is -6.98. The molecule has 53 heavy (non-hydrogen) atoms. The molecule has 2 heterocycles. The zero-order chi connectivity index (χ0) is 35.5. The summed E-state index contributed by atoms with van der Waals surface area (Å²) < 4.78 is 36.3. The largest absolute Gasteiger partial charge is 0.456 e. The Balaban J connectivity index is 1.12. The van der Waals surface area contributed by atoms with Crippen molar-refractivity contribution in [3.8, 4) is 27.9 Å². The number of hydrogen-bond donors (Lipinski definition) is 0. The van der Waals surface area contributed by atoms with E-state index >= 15 is 0 Å². The van der Waals surface area contributed by atoms with Crippen LogP contribution < -0.4 is 4.90 Å². The van der Waals surface area contributed by atoms with Crippen LogP contribution in [0.1, 0.15) is 0 Å². The van der Waals surface area contributed by atoms with Gasteiger partial charge in [0.05, 0.1) is 22.1 Å².